The van der Waals surface area contributed by atoms with Crippen LogP contribution >= 0.6 is 0 Å². The van der Waals surface area contributed by atoms with E-state index in [1.54, 1.807) is 45.3 Å². The van der Waals surface area contributed by atoms with E-state index in [1.165, 1.54) is 0 Å². The molecule has 7 N–H and O–H groups in total. The lowest BCUT2D eigenvalue weighted by molar-refractivity contribution is -0.139. The van der Waals surface area contributed by atoms with Crippen LogP contribution in [0.1, 0.15) is 29.5 Å². The molecule has 37 heavy (non-hydrogen) atoms. The molecule has 2 aliphatic rings. The molecule has 3 heterocycles. The van der Waals surface area contributed by atoms with Crippen molar-refractivity contribution in [1.82, 2.24) is 20.6 Å². The highest BCUT2D eigenvalue weighted by atomic mass is 32.2. The number of sulfone groups is 1. The lowest BCUT2D eigenvalue weighted by Crippen LogP contribution is -2.62. The van der Waals surface area contributed by atoms with E-state index in [2.05, 4.69) is 31.1 Å². The second kappa shape index (κ2) is 9.76. The van der Waals surface area contributed by atoms with Crippen molar-refractivity contribution >= 4 is 33.4 Å². The molecule has 4 rings (SSSR count). The number of nitrogens with zero attached hydrogens (tertiary/aromatic N) is 2. The summed E-state index contributed by atoms with van der Waals surface area (Å²) >= 11 is 0. The fourth-order valence-corrected chi connectivity index (χ4v) is 6.69. The Hall–Kier alpha value is -3.49. The van der Waals surface area contributed by atoms with Crippen LogP contribution in [0.15, 0.2) is 34.6 Å². The second-order valence-electron chi connectivity index (χ2n) is 9.70. The number of carboxylic acids is 1. The van der Waals surface area contributed by atoms with Crippen LogP contribution in [-0.2, 0) is 24.3 Å². The molecule has 0 saturated carbocycles. The van der Waals surface area contributed by atoms with Gasteiger partial charge in [0.05, 0.1) is 11.4 Å². The predicted octanol–water partition coefficient (Wildman–Crippen LogP) is -0.0464. The average molecular weight is 534 g/mol. The Morgan fingerprint density at radius 2 is 2.00 bits per heavy atom. The first-order valence-corrected chi connectivity index (χ1v) is 13.2. The van der Waals surface area contributed by atoms with Crippen LogP contribution in [0.3, 0.4) is 0 Å². The van der Waals surface area contributed by atoms with E-state index in [-0.39, 0.29) is 23.1 Å². The van der Waals surface area contributed by atoms with E-state index in [4.69, 9.17) is 10.6 Å². The van der Waals surface area contributed by atoms with Crippen molar-refractivity contribution in [3.63, 3.8) is 0 Å². The van der Waals surface area contributed by atoms with Crippen LogP contribution in [0.5, 0.6) is 0 Å². The number of aromatic amines is 1. The molecular formula is C23H31N7O6S. The van der Waals surface area contributed by atoms with Gasteiger partial charge >= 0.3 is 5.97 Å². The number of nitrogens with one attached hydrogen (secondary N) is 4. The third kappa shape index (κ3) is 5.04. The molecule has 1 aromatic heterocycles. The largest absolute Gasteiger partial charge is 0.479 e. The second-order valence-corrected chi connectivity index (χ2v) is 11.8. The SMILES string of the molecule is Cc1cc(C)c(S(=O)(=O)[C@@](N)(CNC(=O)C2=NOC3(CNC(CNc4ncc[nH]4)C3)C2)C(=O)O)c(C)c1. The molecule has 2 aliphatic heterocycles. The number of aromatic nitrogens is 2. The number of carbonyl (C=O) groups is 2. The van der Waals surface area contributed by atoms with E-state index in [1.807, 2.05) is 0 Å². The van der Waals surface area contributed by atoms with Crippen LogP contribution in [0.2, 0.25) is 0 Å². The van der Waals surface area contributed by atoms with Crippen LogP contribution < -0.4 is 21.7 Å². The fourth-order valence-electron chi connectivity index (χ4n) is 4.87. The van der Waals surface area contributed by atoms with Gasteiger partial charge in [0, 0.05) is 44.4 Å². The van der Waals surface area contributed by atoms with Gasteiger partial charge in [0.1, 0.15) is 5.71 Å². The molecule has 13 nitrogen and oxygen atoms in total. The molecule has 1 amide bonds. The van der Waals surface area contributed by atoms with Gasteiger partial charge in [-0.05, 0) is 31.9 Å². The number of oxime groups is 1. The lowest BCUT2D eigenvalue weighted by atomic mass is 9.94. The first kappa shape index (κ1) is 26.6. The Morgan fingerprint density at radius 1 is 1.30 bits per heavy atom. The number of aryl methyl sites for hydroxylation is 3. The zero-order valence-electron chi connectivity index (χ0n) is 20.8. The molecule has 2 unspecified atom stereocenters. The fraction of sp³-hybridized carbons (Fsp3) is 0.478. The maximum Gasteiger partial charge on any atom is 0.341 e. The molecule has 1 fully saturated rings. The van der Waals surface area contributed by atoms with Crippen molar-refractivity contribution in [2.45, 2.75) is 55.0 Å². The average Bonchev–Trinajstić information content (AvgIpc) is 3.57. The highest BCUT2D eigenvalue weighted by Crippen LogP contribution is 2.33. The van der Waals surface area contributed by atoms with Crippen LogP contribution in [0.4, 0.5) is 5.95 Å². The molecule has 1 aromatic carbocycles. The van der Waals surface area contributed by atoms with E-state index in [0.29, 0.717) is 36.6 Å². The molecule has 0 radical (unpaired) electrons. The Morgan fingerprint density at radius 3 is 2.62 bits per heavy atom. The number of imidazole rings is 1. The van der Waals surface area contributed by atoms with E-state index in [0.717, 1.165) is 5.56 Å². The molecule has 14 heteroatoms. The zero-order chi connectivity index (χ0) is 27.0. The van der Waals surface area contributed by atoms with Crippen molar-refractivity contribution in [1.29, 1.82) is 0 Å². The minimum Gasteiger partial charge on any atom is -0.479 e. The third-order valence-corrected chi connectivity index (χ3v) is 9.13. The molecular weight excluding hydrogens is 502 g/mol. The van der Waals surface area contributed by atoms with Crippen molar-refractivity contribution in [3.8, 4) is 0 Å². The number of benzene rings is 1. The van der Waals surface area contributed by atoms with Gasteiger partial charge in [-0.1, -0.05) is 22.9 Å². The van der Waals surface area contributed by atoms with Crippen molar-refractivity contribution in [2.75, 3.05) is 25.0 Å². The highest BCUT2D eigenvalue weighted by molar-refractivity contribution is 7.93. The molecule has 0 bridgehead atoms. The lowest BCUT2D eigenvalue weighted by Gasteiger charge is -2.27. The molecule has 3 atom stereocenters. The normalized spacial score (nSPS) is 22.8. The van der Waals surface area contributed by atoms with Gasteiger partial charge in [-0.3, -0.25) is 4.79 Å². The van der Waals surface area contributed by atoms with Gasteiger partial charge in [-0.2, -0.15) is 0 Å². The number of aliphatic carboxylic acids is 1. The molecule has 1 spiro atoms. The summed E-state index contributed by atoms with van der Waals surface area (Å²) in [6.45, 7) is 5.13. The Kier molecular flexibility index (Phi) is 7.01. The van der Waals surface area contributed by atoms with Crippen molar-refractivity contribution < 1.29 is 28.0 Å². The molecule has 200 valence electrons. The summed E-state index contributed by atoms with van der Waals surface area (Å²) in [5, 5.41) is 22.6. The number of carboxylic acid groups (broad SMARTS) is 1. The summed E-state index contributed by atoms with van der Waals surface area (Å²) in [4.78, 5) is 34.7. The van der Waals surface area contributed by atoms with E-state index >= 15 is 0 Å². The number of hydrogen-bond donors (Lipinski definition) is 6. The summed E-state index contributed by atoms with van der Waals surface area (Å²) in [6, 6.07) is 3.31. The predicted molar refractivity (Wildman–Crippen MR) is 135 cm³/mol. The van der Waals surface area contributed by atoms with E-state index in [9.17, 15) is 23.1 Å². The summed E-state index contributed by atoms with van der Waals surface area (Å²) < 4.78 is 26.9. The van der Waals surface area contributed by atoms with Crippen LogP contribution in [0.25, 0.3) is 0 Å². The first-order chi connectivity index (χ1) is 17.4. The summed E-state index contributed by atoms with van der Waals surface area (Å²) in [5.74, 6) is -1.88. The number of H-pyrrole nitrogens is 1. The monoisotopic (exact) mass is 533 g/mol. The van der Waals surface area contributed by atoms with Crippen molar-refractivity contribution in [2.24, 2.45) is 10.9 Å². The highest BCUT2D eigenvalue weighted by Gasteiger charge is 2.51. The Bertz CT molecular complexity index is 1320. The Balaban J connectivity index is 1.41. The van der Waals surface area contributed by atoms with Crippen LogP contribution in [-0.4, -0.2) is 77.2 Å². The zero-order valence-corrected chi connectivity index (χ0v) is 21.6. The smallest absolute Gasteiger partial charge is 0.341 e. The minimum atomic E-state index is -4.58. The van der Waals surface area contributed by atoms with Gasteiger partial charge in [-0.15, -0.1) is 0 Å². The number of anilines is 1. The first-order valence-electron chi connectivity index (χ1n) is 11.7. The quantitative estimate of drug-likeness (QED) is 0.254. The molecule has 1 saturated heterocycles. The van der Waals surface area contributed by atoms with Gasteiger partial charge in [0.2, 0.25) is 14.7 Å². The Labute approximate surface area is 214 Å². The van der Waals surface area contributed by atoms with Gasteiger partial charge in [0.25, 0.3) is 5.91 Å². The standard InChI is InChI=1S/C23H31N7O6S/c1-13-6-14(2)18(15(3)7-13)37(34,35)23(24,20(32)33)12-29-19(31)17-9-22(36-30-17)8-16(28-11-22)10-27-21-25-4-5-26-21/h4-7,16,28H,8-12,24H2,1-3H3,(H,29,31)(H,32,33)(H2,25,26,27)/t16?,22?,23-/m0/s1. The summed E-state index contributed by atoms with van der Waals surface area (Å²) in [6.07, 6.45) is 4.09. The summed E-state index contributed by atoms with van der Waals surface area (Å²) in [5.41, 5.74) is 6.87. The number of nitrogens with two attached hydrogens (primary N) is 1. The maximum absolute atomic E-state index is 13.4. The third-order valence-electron chi connectivity index (χ3n) is 6.67. The maximum atomic E-state index is 13.4. The van der Waals surface area contributed by atoms with Gasteiger partial charge in [0.15, 0.2) is 11.5 Å². The molecule has 2 aromatic rings. The minimum absolute atomic E-state index is 0.0364. The molecule has 0 aliphatic carbocycles. The topological polar surface area (TPSA) is 201 Å². The number of rotatable bonds is 9. The van der Waals surface area contributed by atoms with Crippen LogP contribution in [0, 0.1) is 20.8 Å². The number of hydrogen-bond acceptors (Lipinski definition) is 10. The number of carbonyl (C=O) groups excluding carboxylic acids is 1. The van der Waals surface area contributed by atoms with Gasteiger partial charge < -0.3 is 36.6 Å². The van der Waals surface area contributed by atoms with E-state index < -0.39 is 38.7 Å². The van der Waals surface area contributed by atoms with Crippen molar-refractivity contribution in [3.05, 3.63) is 41.2 Å². The summed E-state index contributed by atoms with van der Waals surface area (Å²) in [7, 11) is -4.58. The number of amides is 1. The van der Waals surface area contributed by atoms with Gasteiger partial charge in [-0.25, -0.2) is 18.2 Å².